The van der Waals surface area contributed by atoms with E-state index in [-0.39, 0.29) is 31.0 Å². The number of benzene rings is 4. The van der Waals surface area contributed by atoms with Crippen molar-refractivity contribution >= 4 is 45.8 Å². The topological polar surface area (TPSA) is 58.6 Å². The molecule has 7 heteroatoms. The minimum Gasteiger partial charge on any atom is -0.483 e. The standard InChI is InChI=1S/C31H30Cl2N2O3/c1-21(2)34-31(37)28(18-22-9-4-3-5-10-22)35(19-23-15-16-26(32)27(33)17-23)30(36)20-38-29-14-8-12-24-11-6-7-13-25(24)29/h3-17,21,28H,18-20H2,1-2H3,(H,34,37)/t28-/m1/s1. The fraction of sp³-hybridized carbons (Fsp3) is 0.226. The number of hydrogen-bond donors (Lipinski definition) is 1. The molecule has 0 heterocycles. The van der Waals surface area contributed by atoms with E-state index in [1.165, 1.54) is 0 Å². The lowest BCUT2D eigenvalue weighted by atomic mass is 10.0. The van der Waals surface area contributed by atoms with Crippen molar-refractivity contribution in [3.63, 3.8) is 0 Å². The second-order valence-electron chi connectivity index (χ2n) is 9.40. The lowest BCUT2D eigenvalue weighted by Crippen LogP contribution is -2.52. The first-order valence-electron chi connectivity index (χ1n) is 12.5. The lowest BCUT2D eigenvalue weighted by molar-refractivity contribution is -0.143. The van der Waals surface area contributed by atoms with Gasteiger partial charge in [-0.15, -0.1) is 0 Å². The molecule has 5 nitrogen and oxygen atoms in total. The number of nitrogens with one attached hydrogen (secondary N) is 1. The molecule has 0 radical (unpaired) electrons. The Hall–Kier alpha value is -3.54. The first-order valence-corrected chi connectivity index (χ1v) is 13.3. The number of amides is 2. The van der Waals surface area contributed by atoms with Crippen molar-refractivity contribution in [3.05, 3.63) is 112 Å². The van der Waals surface area contributed by atoms with Crippen molar-refractivity contribution in [2.24, 2.45) is 0 Å². The van der Waals surface area contributed by atoms with Crippen LogP contribution in [0.4, 0.5) is 0 Å². The van der Waals surface area contributed by atoms with Gasteiger partial charge in [0, 0.05) is 24.4 Å². The summed E-state index contributed by atoms with van der Waals surface area (Å²) in [4.78, 5) is 28.8. The van der Waals surface area contributed by atoms with E-state index in [9.17, 15) is 9.59 Å². The molecule has 0 aliphatic rings. The zero-order valence-electron chi connectivity index (χ0n) is 21.4. The highest BCUT2D eigenvalue weighted by Gasteiger charge is 2.31. The Morgan fingerprint density at radius 3 is 2.29 bits per heavy atom. The third kappa shape index (κ3) is 7.06. The van der Waals surface area contributed by atoms with Crippen molar-refractivity contribution in [2.75, 3.05) is 6.61 Å². The number of carbonyl (C=O) groups is 2. The first-order chi connectivity index (χ1) is 18.3. The third-order valence-corrected chi connectivity index (χ3v) is 6.88. The summed E-state index contributed by atoms with van der Waals surface area (Å²) in [6.45, 7) is 3.73. The Bertz CT molecular complexity index is 1400. The van der Waals surface area contributed by atoms with Gasteiger partial charge in [-0.25, -0.2) is 0 Å². The van der Waals surface area contributed by atoms with Gasteiger partial charge in [0.05, 0.1) is 10.0 Å². The molecule has 4 aromatic carbocycles. The third-order valence-electron chi connectivity index (χ3n) is 6.14. The SMILES string of the molecule is CC(C)NC(=O)[C@@H](Cc1ccccc1)N(Cc1ccc(Cl)c(Cl)c1)C(=O)COc1cccc2ccccc12. The molecule has 4 aromatic rings. The summed E-state index contributed by atoms with van der Waals surface area (Å²) in [6, 6.07) is 27.6. The van der Waals surface area contributed by atoms with E-state index in [4.69, 9.17) is 27.9 Å². The largest absolute Gasteiger partial charge is 0.483 e. The number of halogens is 2. The van der Waals surface area contributed by atoms with Crippen LogP contribution in [-0.2, 0) is 22.6 Å². The highest BCUT2D eigenvalue weighted by Crippen LogP contribution is 2.26. The number of hydrogen-bond acceptors (Lipinski definition) is 3. The maximum Gasteiger partial charge on any atom is 0.261 e. The average molecular weight is 549 g/mol. The minimum atomic E-state index is -0.766. The van der Waals surface area contributed by atoms with Crippen LogP contribution in [0.25, 0.3) is 10.8 Å². The lowest BCUT2D eigenvalue weighted by Gasteiger charge is -2.32. The normalized spacial score (nSPS) is 11.8. The average Bonchev–Trinajstić information content (AvgIpc) is 2.91. The zero-order chi connectivity index (χ0) is 27.1. The van der Waals surface area contributed by atoms with E-state index in [2.05, 4.69) is 5.32 Å². The molecule has 0 spiro atoms. The molecule has 0 bridgehead atoms. The summed E-state index contributed by atoms with van der Waals surface area (Å²) >= 11 is 12.4. The van der Waals surface area contributed by atoms with Gasteiger partial charge in [-0.3, -0.25) is 9.59 Å². The summed E-state index contributed by atoms with van der Waals surface area (Å²) in [7, 11) is 0. The quantitative estimate of drug-likeness (QED) is 0.240. The van der Waals surface area contributed by atoms with Gasteiger partial charge in [0.25, 0.3) is 5.91 Å². The molecule has 4 rings (SSSR count). The molecule has 38 heavy (non-hydrogen) atoms. The number of fused-ring (bicyclic) bond motifs is 1. The van der Waals surface area contributed by atoms with Crippen LogP contribution in [0.3, 0.4) is 0 Å². The molecule has 0 saturated heterocycles. The number of rotatable bonds is 10. The van der Waals surface area contributed by atoms with Crippen LogP contribution in [0, 0.1) is 0 Å². The van der Waals surface area contributed by atoms with E-state index in [1.807, 2.05) is 86.6 Å². The zero-order valence-corrected chi connectivity index (χ0v) is 22.9. The minimum absolute atomic E-state index is 0.0883. The second-order valence-corrected chi connectivity index (χ2v) is 10.2. The summed E-state index contributed by atoms with van der Waals surface area (Å²) in [5.74, 6) is 0.0587. The molecule has 0 aliphatic carbocycles. The van der Waals surface area contributed by atoms with Gasteiger partial charge < -0.3 is 15.0 Å². The van der Waals surface area contributed by atoms with E-state index >= 15 is 0 Å². The van der Waals surface area contributed by atoms with E-state index < -0.39 is 6.04 Å². The van der Waals surface area contributed by atoms with E-state index in [1.54, 1.807) is 23.1 Å². The number of ether oxygens (including phenoxy) is 1. The van der Waals surface area contributed by atoms with Crippen LogP contribution in [0.15, 0.2) is 91.0 Å². The van der Waals surface area contributed by atoms with E-state index in [0.29, 0.717) is 22.2 Å². The molecule has 0 unspecified atom stereocenters. The van der Waals surface area contributed by atoms with Crippen LogP contribution in [-0.4, -0.2) is 35.4 Å². The maximum absolute atomic E-state index is 13.8. The molecule has 0 aliphatic heterocycles. The Balaban J connectivity index is 1.66. The smallest absolute Gasteiger partial charge is 0.261 e. The summed E-state index contributed by atoms with van der Waals surface area (Å²) in [5.41, 5.74) is 1.70. The Labute approximate surface area is 233 Å². The van der Waals surface area contributed by atoms with Crippen molar-refractivity contribution in [1.82, 2.24) is 10.2 Å². The van der Waals surface area contributed by atoms with Gasteiger partial charge in [-0.2, -0.15) is 0 Å². The fourth-order valence-electron chi connectivity index (χ4n) is 4.31. The summed E-state index contributed by atoms with van der Waals surface area (Å²) in [6.07, 6.45) is 0.348. The predicted octanol–water partition coefficient (Wildman–Crippen LogP) is 6.69. The molecule has 0 fully saturated rings. The molecule has 0 aromatic heterocycles. The van der Waals surface area contributed by atoms with Crippen LogP contribution >= 0.6 is 23.2 Å². The number of nitrogens with zero attached hydrogens (tertiary/aromatic N) is 1. The summed E-state index contributed by atoms with van der Waals surface area (Å²) < 4.78 is 6.03. The van der Waals surface area contributed by atoms with Crippen molar-refractivity contribution < 1.29 is 14.3 Å². The molecule has 196 valence electrons. The van der Waals surface area contributed by atoms with Gasteiger partial charge in [-0.1, -0.05) is 96.0 Å². The molecule has 0 saturated carbocycles. The van der Waals surface area contributed by atoms with Gasteiger partial charge in [0.15, 0.2) is 6.61 Å². The van der Waals surface area contributed by atoms with Gasteiger partial charge >= 0.3 is 0 Å². The molecule has 1 N–H and O–H groups in total. The molecular weight excluding hydrogens is 519 g/mol. The molecule has 2 amide bonds. The van der Waals surface area contributed by atoms with Gasteiger partial charge in [0.2, 0.25) is 5.91 Å². The van der Waals surface area contributed by atoms with Crippen LogP contribution < -0.4 is 10.1 Å². The predicted molar refractivity (Wildman–Crippen MR) is 154 cm³/mol. The van der Waals surface area contributed by atoms with Crippen molar-refractivity contribution in [3.8, 4) is 5.75 Å². The van der Waals surface area contributed by atoms with E-state index in [0.717, 1.165) is 21.9 Å². The first kappa shape index (κ1) is 27.5. The van der Waals surface area contributed by atoms with Crippen LogP contribution in [0.5, 0.6) is 5.75 Å². The highest BCUT2D eigenvalue weighted by molar-refractivity contribution is 6.42. The fourth-order valence-corrected chi connectivity index (χ4v) is 4.63. The van der Waals surface area contributed by atoms with Crippen molar-refractivity contribution in [2.45, 2.75) is 38.9 Å². The number of carbonyl (C=O) groups excluding carboxylic acids is 2. The van der Waals surface area contributed by atoms with Gasteiger partial charge in [0.1, 0.15) is 11.8 Å². The Kier molecular flexibility index (Phi) is 9.27. The molecular formula is C31H30Cl2N2O3. The van der Waals surface area contributed by atoms with Crippen molar-refractivity contribution in [1.29, 1.82) is 0 Å². The monoisotopic (exact) mass is 548 g/mol. The molecule has 1 atom stereocenters. The summed E-state index contributed by atoms with van der Waals surface area (Å²) in [5, 5.41) is 5.72. The highest BCUT2D eigenvalue weighted by atomic mass is 35.5. The Morgan fingerprint density at radius 1 is 0.842 bits per heavy atom. The van der Waals surface area contributed by atoms with Gasteiger partial charge in [-0.05, 0) is 48.6 Å². The van der Waals surface area contributed by atoms with Crippen LogP contribution in [0.2, 0.25) is 10.0 Å². The van der Waals surface area contributed by atoms with Crippen LogP contribution in [0.1, 0.15) is 25.0 Å². The Morgan fingerprint density at radius 2 is 1.55 bits per heavy atom. The maximum atomic E-state index is 13.8. The second kappa shape index (κ2) is 12.8.